The van der Waals surface area contributed by atoms with Gasteiger partial charge in [-0.1, -0.05) is 58.8 Å². The van der Waals surface area contributed by atoms with Crippen molar-refractivity contribution in [2.75, 3.05) is 0 Å². The number of unbranched alkanes of at least 4 members (excludes halogenated alkanes) is 6. The average molecular weight is 304 g/mol. The molecule has 0 bridgehead atoms. The number of hydrogen-bond acceptors (Lipinski definition) is 2. The van der Waals surface area contributed by atoms with Gasteiger partial charge in [-0.3, -0.25) is 0 Å². The lowest BCUT2D eigenvalue weighted by Gasteiger charge is -2.10. The molecule has 1 aliphatic rings. The lowest BCUT2D eigenvalue weighted by molar-refractivity contribution is 0.217. The minimum absolute atomic E-state index is 0.318. The van der Waals surface area contributed by atoms with Gasteiger partial charge in [0.2, 0.25) is 0 Å². The Morgan fingerprint density at radius 3 is 2.50 bits per heavy atom. The molecule has 1 aromatic rings. The van der Waals surface area contributed by atoms with Crippen molar-refractivity contribution < 1.29 is 9.84 Å². The third kappa shape index (κ3) is 4.93. The van der Waals surface area contributed by atoms with Gasteiger partial charge in [0.05, 0.1) is 0 Å². The molecule has 0 saturated carbocycles. The highest BCUT2D eigenvalue weighted by atomic mass is 16.5. The molecule has 0 amide bonds. The second kappa shape index (κ2) is 9.07. The molecule has 124 valence electrons. The Morgan fingerprint density at radius 2 is 1.73 bits per heavy atom. The second-order valence-electron chi connectivity index (χ2n) is 6.69. The zero-order valence-electron chi connectivity index (χ0n) is 14.4. The summed E-state index contributed by atoms with van der Waals surface area (Å²) in [6.45, 7) is 4.46. The summed E-state index contributed by atoms with van der Waals surface area (Å²) >= 11 is 0. The van der Waals surface area contributed by atoms with Gasteiger partial charge >= 0.3 is 0 Å². The molecule has 1 atom stereocenters. The number of ether oxygens (including phenoxy) is 1. The highest BCUT2D eigenvalue weighted by Gasteiger charge is 2.23. The van der Waals surface area contributed by atoms with Crippen LogP contribution in [0.3, 0.4) is 0 Å². The van der Waals surface area contributed by atoms with Gasteiger partial charge < -0.3 is 9.84 Å². The molecule has 2 heteroatoms. The minimum atomic E-state index is 0.318. The molecular weight excluding hydrogens is 272 g/mol. The van der Waals surface area contributed by atoms with Crippen LogP contribution in [0.2, 0.25) is 0 Å². The van der Waals surface area contributed by atoms with Crippen molar-refractivity contribution in [2.45, 2.75) is 90.6 Å². The van der Waals surface area contributed by atoms with Crippen molar-refractivity contribution >= 4 is 0 Å². The van der Waals surface area contributed by atoms with Gasteiger partial charge in [0.15, 0.2) is 0 Å². The quantitative estimate of drug-likeness (QED) is 0.554. The van der Waals surface area contributed by atoms with E-state index in [1.165, 1.54) is 50.5 Å². The van der Waals surface area contributed by atoms with Crippen LogP contribution in [0.4, 0.5) is 0 Å². The highest BCUT2D eigenvalue weighted by molar-refractivity contribution is 5.48. The maximum Gasteiger partial charge on any atom is 0.123 e. The van der Waals surface area contributed by atoms with Crippen molar-refractivity contribution in [1.82, 2.24) is 0 Å². The fourth-order valence-electron chi connectivity index (χ4n) is 3.28. The van der Waals surface area contributed by atoms with Gasteiger partial charge in [-0.25, -0.2) is 0 Å². The Balaban J connectivity index is 1.82. The largest absolute Gasteiger partial charge is 0.508 e. The zero-order valence-corrected chi connectivity index (χ0v) is 14.4. The van der Waals surface area contributed by atoms with E-state index in [4.69, 9.17) is 4.74 Å². The summed E-state index contributed by atoms with van der Waals surface area (Å²) in [7, 11) is 0. The monoisotopic (exact) mass is 304 g/mol. The minimum Gasteiger partial charge on any atom is -0.508 e. The fourth-order valence-corrected chi connectivity index (χ4v) is 3.28. The van der Waals surface area contributed by atoms with Crippen LogP contribution in [-0.2, 0) is 12.8 Å². The van der Waals surface area contributed by atoms with Gasteiger partial charge in [0.1, 0.15) is 17.6 Å². The van der Waals surface area contributed by atoms with Crippen molar-refractivity contribution in [3.05, 3.63) is 23.3 Å². The lowest BCUT2D eigenvalue weighted by atomic mass is 10.0. The summed E-state index contributed by atoms with van der Waals surface area (Å²) in [5, 5.41) is 10.2. The van der Waals surface area contributed by atoms with E-state index < -0.39 is 0 Å². The molecule has 1 N–H and O–H groups in total. The number of fused-ring (bicyclic) bond motifs is 1. The summed E-state index contributed by atoms with van der Waals surface area (Å²) in [6, 6.07) is 4.02. The van der Waals surface area contributed by atoms with Gasteiger partial charge in [0.25, 0.3) is 0 Å². The van der Waals surface area contributed by atoms with Crippen LogP contribution >= 0.6 is 0 Å². The summed E-state index contributed by atoms with van der Waals surface area (Å²) < 4.78 is 6.05. The van der Waals surface area contributed by atoms with Gasteiger partial charge in [-0.05, 0) is 37.0 Å². The molecule has 0 aromatic heterocycles. The number of phenolic OH excluding ortho intramolecular Hbond substituents is 1. The summed E-state index contributed by atoms with van der Waals surface area (Å²) in [5.41, 5.74) is 2.25. The SMILES string of the molecule is CCCCCCCCc1cc2c(cc1O)CC(CCCC)O2. The van der Waals surface area contributed by atoms with Crippen LogP contribution in [0.15, 0.2) is 12.1 Å². The standard InChI is InChI=1S/C20H32O2/c1-3-5-7-8-9-10-11-16-15-20-17(14-19(16)21)13-18(22-20)12-6-4-2/h14-15,18,21H,3-13H2,1-2H3. The van der Waals surface area contributed by atoms with Crippen LogP contribution < -0.4 is 4.74 Å². The van der Waals surface area contributed by atoms with Crippen LogP contribution in [0.5, 0.6) is 11.5 Å². The van der Waals surface area contributed by atoms with E-state index in [-0.39, 0.29) is 0 Å². The first kappa shape index (κ1) is 17.2. The predicted octanol–water partition coefficient (Wildman–Crippen LogP) is 5.79. The molecule has 2 rings (SSSR count). The first-order chi connectivity index (χ1) is 10.7. The zero-order chi connectivity index (χ0) is 15.8. The topological polar surface area (TPSA) is 29.5 Å². The van der Waals surface area contributed by atoms with E-state index >= 15 is 0 Å². The maximum absolute atomic E-state index is 10.2. The number of benzene rings is 1. The Kier molecular flexibility index (Phi) is 7.08. The molecule has 0 aliphatic carbocycles. The van der Waals surface area contributed by atoms with E-state index in [0.29, 0.717) is 11.9 Å². The normalized spacial score (nSPS) is 16.5. The van der Waals surface area contributed by atoms with Crippen molar-refractivity contribution in [3.8, 4) is 11.5 Å². The molecule has 22 heavy (non-hydrogen) atoms. The number of phenols is 1. The number of hydrogen-bond donors (Lipinski definition) is 1. The lowest BCUT2D eigenvalue weighted by Crippen LogP contribution is -2.12. The Labute approximate surface area is 135 Å². The fraction of sp³-hybridized carbons (Fsp3) is 0.700. The van der Waals surface area contributed by atoms with Crippen LogP contribution in [-0.4, -0.2) is 11.2 Å². The molecule has 2 nitrogen and oxygen atoms in total. The third-order valence-corrected chi connectivity index (χ3v) is 4.68. The van der Waals surface area contributed by atoms with E-state index in [1.54, 1.807) is 0 Å². The molecule has 0 saturated heterocycles. The molecule has 1 aliphatic heterocycles. The van der Waals surface area contributed by atoms with Crippen molar-refractivity contribution in [3.63, 3.8) is 0 Å². The number of aryl methyl sites for hydroxylation is 1. The Morgan fingerprint density at radius 1 is 1.00 bits per heavy atom. The van der Waals surface area contributed by atoms with E-state index in [0.717, 1.165) is 37.0 Å². The number of aromatic hydroxyl groups is 1. The van der Waals surface area contributed by atoms with E-state index in [9.17, 15) is 5.11 Å². The molecule has 1 aromatic carbocycles. The predicted molar refractivity (Wildman–Crippen MR) is 92.8 cm³/mol. The Hall–Kier alpha value is -1.18. The summed E-state index contributed by atoms with van der Waals surface area (Å²) in [5.74, 6) is 1.48. The molecule has 1 heterocycles. The first-order valence-electron chi connectivity index (χ1n) is 9.26. The van der Waals surface area contributed by atoms with Crippen LogP contribution in [0.1, 0.15) is 82.8 Å². The molecular formula is C20H32O2. The second-order valence-corrected chi connectivity index (χ2v) is 6.69. The molecule has 0 spiro atoms. The molecule has 0 radical (unpaired) electrons. The van der Waals surface area contributed by atoms with Gasteiger partial charge in [-0.2, -0.15) is 0 Å². The summed E-state index contributed by atoms with van der Waals surface area (Å²) in [4.78, 5) is 0. The molecule has 0 fully saturated rings. The van der Waals surface area contributed by atoms with Crippen molar-refractivity contribution in [2.24, 2.45) is 0 Å². The van der Waals surface area contributed by atoms with Crippen LogP contribution in [0, 0.1) is 0 Å². The number of rotatable bonds is 10. The van der Waals surface area contributed by atoms with E-state index in [1.807, 2.05) is 6.07 Å². The Bertz CT molecular complexity index is 453. The highest BCUT2D eigenvalue weighted by Crippen LogP contribution is 2.36. The average Bonchev–Trinajstić information content (AvgIpc) is 2.90. The third-order valence-electron chi connectivity index (χ3n) is 4.68. The summed E-state index contributed by atoms with van der Waals surface area (Å²) in [6.07, 6.45) is 13.5. The van der Waals surface area contributed by atoms with Crippen LogP contribution in [0.25, 0.3) is 0 Å². The maximum atomic E-state index is 10.2. The van der Waals surface area contributed by atoms with Gasteiger partial charge in [0, 0.05) is 12.0 Å². The molecule has 1 unspecified atom stereocenters. The van der Waals surface area contributed by atoms with E-state index in [2.05, 4.69) is 19.9 Å². The smallest absolute Gasteiger partial charge is 0.123 e. The van der Waals surface area contributed by atoms with Crippen molar-refractivity contribution in [1.29, 1.82) is 0 Å². The van der Waals surface area contributed by atoms with Gasteiger partial charge in [-0.15, -0.1) is 0 Å². The first-order valence-corrected chi connectivity index (χ1v) is 9.26.